The zero-order valence-electron chi connectivity index (χ0n) is 11.4. The molecule has 0 atom stereocenters. The van der Waals surface area contributed by atoms with Crippen molar-refractivity contribution in [3.63, 3.8) is 0 Å². The summed E-state index contributed by atoms with van der Waals surface area (Å²) < 4.78 is 0. The van der Waals surface area contributed by atoms with Crippen molar-refractivity contribution in [2.45, 2.75) is 6.92 Å². The van der Waals surface area contributed by atoms with E-state index < -0.39 is 0 Å². The van der Waals surface area contributed by atoms with Crippen molar-refractivity contribution >= 4 is 0 Å². The number of rotatable bonds is 2. The van der Waals surface area contributed by atoms with Crippen LogP contribution in [0.5, 0.6) is 5.75 Å². The van der Waals surface area contributed by atoms with Crippen LogP contribution < -0.4 is 0 Å². The lowest BCUT2D eigenvalue weighted by molar-refractivity contribution is 0.475. The molecular weight excluding hydrogens is 244 g/mol. The van der Waals surface area contributed by atoms with E-state index in [2.05, 4.69) is 31.2 Å². The third kappa shape index (κ3) is 2.30. The molecule has 3 aromatic carbocycles. The summed E-state index contributed by atoms with van der Waals surface area (Å²) in [4.78, 5) is 0. The fraction of sp³-hybridized carbons (Fsp3) is 0.0526. The van der Waals surface area contributed by atoms with Crippen molar-refractivity contribution in [2.24, 2.45) is 0 Å². The Morgan fingerprint density at radius 1 is 0.650 bits per heavy atom. The second kappa shape index (κ2) is 5.22. The van der Waals surface area contributed by atoms with Gasteiger partial charge in [-0.3, -0.25) is 0 Å². The van der Waals surface area contributed by atoms with Crippen molar-refractivity contribution in [3.05, 3.63) is 78.4 Å². The summed E-state index contributed by atoms with van der Waals surface area (Å²) in [5.74, 6) is 0.299. The average molecular weight is 260 g/mol. The topological polar surface area (TPSA) is 20.2 Å². The second-order valence-corrected chi connectivity index (χ2v) is 4.90. The van der Waals surface area contributed by atoms with Gasteiger partial charge in [-0.15, -0.1) is 0 Å². The maximum Gasteiger partial charge on any atom is 0.116 e. The zero-order chi connectivity index (χ0) is 13.9. The van der Waals surface area contributed by atoms with Crippen molar-refractivity contribution in [3.8, 4) is 28.0 Å². The van der Waals surface area contributed by atoms with Crippen LogP contribution in [-0.2, 0) is 0 Å². The van der Waals surface area contributed by atoms with E-state index in [0.29, 0.717) is 5.75 Å². The molecule has 98 valence electrons. The minimum atomic E-state index is 0.299. The monoisotopic (exact) mass is 260 g/mol. The van der Waals surface area contributed by atoms with Gasteiger partial charge in [-0.2, -0.15) is 0 Å². The summed E-state index contributed by atoms with van der Waals surface area (Å²) in [6.07, 6.45) is 0. The standard InChI is InChI=1S/C19H16O/c1-14-18(15-8-4-2-5-9-15)12-17(20)13-19(14)16-10-6-3-7-11-16/h2-13,20H,1H3. The number of phenolic OH excluding ortho intramolecular Hbond substituents is 1. The lowest BCUT2D eigenvalue weighted by Gasteiger charge is -2.13. The van der Waals surface area contributed by atoms with Gasteiger partial charge in [0.15, 0.2) is 0 Å². The van der Waals surface area contributed by atoms with Crippen LogP contribution in [0.3, 0.4) is 0 Å². The highest BCUT2D eigenvalue weighted by molar-refractivity contribution is 5.79. The van der Waals surface area contributed by atoms with Gasteiger partial charge >= 0.3 is 0 Å². The number of hydrogen-bond donors (Lipinski definition) is 1. The average Bonchev–Trinajstić information content (AvgIpc) is 2.51. The Kier molecular flexibility index (Phi) is 3.26. The maximum atomic E-state index is 10.0. The van der Waals surface area contributed by atoms with Crippen LogP contribution in [0.25, 0.3) is 22.3 Å². The molecule has 0 saturated heterocycles. The van der Waals surface area contributed by atoms with Crippen molar-refractivity contribution in [1.29, 1.82) is 0 Å². The van der Waals surface area contributed by atoms with Crippen molar-refractivity contribution in [2.75, 3.05) is 0 Å². The van der Waals surface area contributed by atoms with Crippen LogP contribution in [0.15, 0.2) is 72.8 Å². The molecule has 0 spiro atoms. The van der Waals surface area contributed by atoms with Gasteiger partial charge in [0, 0.05) is 0 Å². The van der Waals surface area contributed by atoms with Crippen LogP contribution in [0.4, 0.5) is 0 Å². The van der Waals surface area contributed by atoms with E-state index in [0.717, 1.165) is 22.3 Å². The molecule has 0 radical (unpaired) electrons. The lowest BCUT2D eigenvalue weighted by Crippen LogP contribution is -1.88. The van der Waals surface area contributed by atoms with E-state index in [-0.39, 0.29) is 0 Å². The minimum Gasteiger partial charge on any atom is -0.508 e. The molecule has 0 aromatic heterocycles. The molecule has 0 heterocycles. The molecule has 0 aliphatic heterocycles. The summed E-state index contributed by atoms with van der Waals surface area (Å²) in [5.41, 5.74) is 5.57. The maximum absolute atomic E-state index is 10.0. The van der Waals surface area contributed by atoms with Gasteiger partial charge in [-0.05, 0) is 46.9 Å². The van der Waals surface area contributed by atoms with Crippen LogP contribution in [0.1, 0.15) is 5.56 Å². The molecule has 0 saturated carbocycles. The zero-order valence-corrected chi connectivity index (χ0v) is 11.4. The molecule has 0 unspecified atom stereocenters. The van der Waals surface area contributed by atoms with Crippen LogP contribution in [-0.4, -0.2) is 5.11 Å². The van der Waals surface area contributed by atoms with Gasteiger partial charge in [-0.1, -0.05) is 60.7 Å². The second-order valence-electron chi connectivity index (χ2n) is 4.90. The fourth-order valence-electron chi connectivity index (χ4n) is 2.53. The molecule has 1 N–H and O–H groups in total. The van der Waals surface area contributed by atoms with Crippen LogP contribution in [0, 0.1) is 6.92 Å². The van der Waals surface area contributed by atoms with E-state index in [1.807, 2.05) is 48.5 Å². The van der Waals surface area contributed by atoms with Crippen LogP contribution >= 0.6 is 0 Å². The molecule has 0 fully saturated rings. The molecule has 0 aliphatic carbocycles. The molecule has 0 bridgehead atoms. The molecule has 1 nitrogen and oxygen atoms in total. The summed E-state index contributed by atoms with van der Waals surface area (Å²) in [7, 11) is 0. The summed E-state index contributed by atoms with van der Waals surface area (Å²) in [6.45, 7) is 2.10. The van der Waals surface area contributed by atoms with Gasteiger partial charge in [-0.25, -0.2) is 0 Å². The summed E-state index contributed by atoms with van der Waals surface area (Å²) in [6, 6.07) is 24.0. The van der Waals surface area contributed by atoms with E-state index in [9.17, 15) is 5.11 Å². The number of phenols is 1. The Morgan fingerprint density at radius 3 is 1.45 bits per heavy atom. The Bertz CT molecular complexity index is 655. The minimum absolute atomic E-state index is 0.299. The molecule has 20 heavy (non-hydrogen) atoms. The van der Waals surface area contributed by atoms with Gasteiger partial charge in [0.25, 0.3) is 0 Å². The highest BCUT2D eigenvalue weighted by Crippen LogP contribution is 2.35. The first-order chi connectivity index (χ1) is 9.75. The third-order valence-electron chi connectivity index (χ3n) is 3.56. The van der Waals surface area contributed by atoms with Crippen LogP contribution in [0.2, 0.25) is 0 Å². The fourth-order valence-corrected chi connectivity index (χ4v) is 2.53. The van der Waals surface area contributed by atoms with Gasteiger partial charge in [0.05, 0.1) is 0 Å². The van der Waals surface area contributed by atoms with E-state index in [1.165, 1.54) is 5.56 Å². The van der Waals surface area contributed by atoms with Gasteiger partial charge < -0.3 is 5.11 Å². The lowest BCUT2D eigenvalue weighted by atomic mass is 9.92. The van der Waals surface area contributed by atoms with Crippen molar-refractivity contribution < 1.29 is 5.11 Å². The predicted molar refractivity (Wildman–Crippen MR) is 83.7 cm³/mol. The molecule has 3 rings (SSSR count). The first-order valence-electron chi connectivity index (χ1n) is 6.70. The number of hydrogen-bond acceptors (Lipinski definition) is 1. The molecule has 1 heteroatoms. The highest BCUT2D eigenvalue weighted by Gasteiger charge is 2.10. The number of aromatic hydroxyl groups is 1. The quantitative estimate of drug-likeness (QED) is 0.684. The first-order valence-corrected chi connectivity index (χ1v) is 6.70. The number of benzene rings is 3. The Morgan fingerprint density at radius 2 is 1.05 bits per heavy atom. The Hall–Kier alpha value is -2.54. The van der Waals surface area contributed by atoms with E-state index in [1.54, 1.807) is 0 Å². The van der Waals surface area contributed by atoms with E-state index in [4.69, 9.17) is 0 Å². The van der Waals surface area contributed by atoms with Gasteiger partial charge in [0.1, 0.15) is 5.75 Å². The normalized spacial score (nSPS) is 10.4. The van der Waals surface area contributed by atoms with Crippen molar-refractivity contribution in [1.82, 2.24) is 0 Å². The molecule has 3 aromatic rings. The summed E-state index contributed by atoms with van der Waals surface area (Å²) >= 11 is 0. The molecular formula is C19H16O. The Balaban J connectivity index is 2.22. The smallest absolute Gasteiger partial charge is 0.116 e. The molecule has 0 amide bonds. The largest absolute Gasteiger partial charge is 0.508 e. The highest BCUT2D eigenvalue weighted by atomic mass is 16.3. The summed E-state index contributed by atoms with van der Waals surface area (Å²) in [5, 5.41) is 10.0. The third-order valence-corrected chi connectivity index (χ3v) is 3.56. The Labute approximate surface area is 119 Å². The predicted octanol–water partition coefficient (Wildman–Crippen LogP) is 5.03. The van der Waals surface area contributed by atoms with E-state index >= 15 is 0 Å². The first kappa shape index (κ1) is 12.5. The van der Waals surface area contributed by atoms with Gasteiger partial charge in [0.2, 0.25) is 0 Å². The molecule has 0 aliphatic rings. The SMILES string of the molecule is Cc1c(-c2ccccc2)cc(O)cc1-c1ccccc1.